The van der Waals surface area contributed by atoms with E-state index in [1.165, 1.54) is 0 Å². The first-order valence-corrected chi connectivity index (χ1v) is 7.10. The molecule has 1 fully saturated rings. The van der Waals surface area contributed by atoms with Gasteiger partial charge in [0.25, 0.3) is 0 Å². The van der Waals surface area contributed by atoms with Crippen LogP contribution in [0.4, 0.5) is 4.79 Å². The van der Waals surface area contributed by atoms with Crippen molar-refractivity contribution in [2.45, 2.75) is 12.5 Å². The highest BCUT2D eigenvalue weighted by atomic mass is 16.5. The van der Waals surface area contributed by atoms with Crippen molar-refractivity contribution in [3.63, 3.8) is 0 Å². The lowest BCUT2D eigenvalue weighted by Crippen LogP contribution is -2.59. The summed E-state index contributed by atoms with van der Waals surface area (Å²) in [6.45, 7) is -1.35. The molecule has 0 bridgehead atoms. The molecule has 1 saturated heterocycles. The lowest BCUT2D eigenvalue weighted by atomic mass is 9.96. The molecule has 4 amide bonds. The first-order chi connectivity index (χ1) is 11.1. The number of nitrogens with zero attached hydrogens (tertiary/aromatic N) is 1. The SMILES string of the molecule is O=C1NC(=O)N(COC(CO)CO)C(=O)C1Cc1ccccc1. The highest BCUT2D eigenvalue weighted by molar-refractivity contribution is 6.16. The molecule has 0 aromatic heterocycles. The molecule has 2 rings (SSSR count). The van der Waals surface area contributed by atoms with Gasteiger partial charge in [-0.25, -0.2) is 9.69 Å². The summed E-state index contributed by atoms with van der Waals surface area (Å²) < 4.78 is 5.09. The van der Waals surface area contributed by atoms with Gasteiger partial charge in [-0.2, -0.15) is 0 Å². The topological polar surface area (TPSA) is 116 Å². The fraction of sp³-hybridized carbons (Fsp3) is 0.400. The van der Waals surface area contributed by atoms with E-state index in [0.29, 0.717) is 0 Å². The number of aliphatic hydroxyl groups is 2. The molecular weight excluding hydrogens is 304 g/mol. The molecule has 23 heavy (non-hydrogen) atoms. The van der Waals surface area contributed by atoms with Gasteiger partial charge >= 0.3 is 6.03 Å². The van der Waals surface area contributed by atoms with E-state index in [1.807, 2.05) is 6.07 Å². The number of carbonyl (C=O) groups excluding carboxylic acids is 3. The van der Waals surface area contributed by atoms with Gasteiger partial charge in [0.15, 0.2) is 0 Å². The molecule has 8 heteroatoms. The summed E-state index contributed by atoms with van der Waals surface area (Å²) in [4.78, 5) is 36.8. The van der Waals surface area contributed by atoms with Crippen molar-refractivity contribution in [3.8, 4) is 0 Å². The van der Waals surface area contributed by atoms with E-state index in [4.69, 9.17) is 14.9 Å². The van der Waals surface area contributed by atoms with Crippen LogP contribution in [-0.4, -0.2) is 59.0 Å². The van der Waals surface area contributed by atoms with Crippen LogP contribution in [0.5, 0.6) is 0 Å². The molecular formula is C15H18N2O6. The van der Waals surface area contributed by atoms with Crippen molar-refractivity contribution in [3.05, 3.63) is 35.9 Å². The smallest absolute Gasteiger partial charge is 0.332 e. The van der Waals surface area contributed by atoms with Gasteiger partial charge in [-0.15, -0.1) is 0 Å². The quantitative estimate of drug-likeness (QED) is 0.569. The number of hydrogen-bond acceptors (Lipinski definition) is 6. The van der Waals surface area contributed by atoms with Crippen molar-refractivity contribution < 1.29 is 29.3 Å². The summed E-state index contributed by atoms with van der Waals surface area (Å²) in [5.74, 6) is -2.35. The third-order valence-electron chi connectivity index (χ3n) is 3.49. The standard InChI is InChI=1S/C15H18N2O6/c18-7-11(8-19)23-9-17-14(21)12(13(20)16-15(17)22)6-10-4-2-1-3-5-10/h1-5,11-12,18-19H,6-9H2,(H,16,20,22). The first kappa shape index (κ1) is 17.1. The number of carbonyl (C=O) groups is 3. The summed E-state index contributed by atoms with van der Waals surface area (Å²) in [7, 11) is 0. The fourth-order valence-corrected chi connectivity index (χ4v) is 2.16. The van der Waals surface area contributed by atoms with Crippen LogP contribution >= 0.6 is 0 Å². The Morgan fingerprint density at radius 3 is 2.39 bits per heavy atom. The van der Waals surface area contributed by atoms with Crippen LogP contribution in [-0.2, 0) is 20.7 Å². The van der Waals surface area contributed by atoms with E-state index in [9.17, 15) is 14.4 Å². The Kier molecular flexibility index (Phi) is 5.80. The van der Waals surface area contributed by atoms with Gasteiger partial charge in [-0.3, -0.25) is 14.9 Å². The van der Waals surface area contributed by atoms with Crippen molar-refractivity contribution in [2.24, 2.45) is 5.92 Å². The van der Waals surface area contributed by atoms with Gasteiger partial charge in [-0.1, -0.05) is 30.3 Å². The predicted molar refractivity (Wildman–Crippen MR) is 77.9 cm³/mol. The zero-order chi connectivity index (χ0) is 16.8. The number of barbiturate groups is 1. The zero-order valence-corrected chi connectivity index (χ0v) is 12.3. The molecule has 0 radical (unpaired) electrons. The first-order valence-electron chi connectivity index (χ1n) is 7.10. The Labute approximate surface area is 132 Å². The minimum absolute atomic E-state index is 0.165. The summed E-state index contributed by atoms with van der Waals surface area (Å²) >= 11 is 0. The number of rotatable bonds is 7. The normalized spacial score (nSPS) is 18.5. The van der Waals surface area contributed by atoms with E-state index in [1.54, 1.807) is 24.3 Å². The molecule has 0 aliphatic carbocycles. The Bertz CT molecular complexity index is 573. The van der Waals surface area contributed by atoms with Crippen LogP contribution in [0, 0.1) is 5.92 Å². The Morgan fingerprint density at radius 1 is 1.13 bits per heavy atom. The van der Waals surface area contributed by atoms with E-state index in [2.05, 4.69) is 5.32 Å². The van der Waals surface area contributed by atoms with Crippen molar-refractivity contribution in [1.82, 2.24) is 10.2 Å². The van der Waals surface area contributed by atoms with Crippen molar-refractivity contribution >= 4 is 17.8 Å². The van der Waals surface area contributed by atoms with Gasteiger partial charge in [0.05, 0.1) is 13.2 Å². The molecule has 1 aliphatic heterocycles. The maximum absolute atomic E-state index is 12.4. The molecule has 1 atom stereocenters. The number of nitrogens with one attached hydrogen (secondary N) is 1. The van der Waals surface area contributed by atoms with Gasteiger partial charge in [-0.05, 0) is 12.0 Å². The van der Waals surface area contributed by atoms with E-state index < -0.39 is 49.8 Å². The van der Waals surface area contributed by atoms with E-state index in [-0.39, 0.29) is 6.42 Å². The summed E-state index contributed by atoms with van der Waals surface area (Å²) in [5, 5.41) is 20.0. The summed E-state index contributed by atoms with van der Waals surface area (Å²) in [6, 6.07) is 8.09. The molecule has 1 aromatic rings. The third kappa shape index (κ3) is 4.13. The average Bonchev–Trinajstić information content (AvgIpc) is 2.56. The van der Waals surface area contributed by atoms with E-state index in [0.717, 1.165) is 10.5 Å². The minimum Gasteiger partial charge on any atom is -0.394 e. The number of benzene rings is 1. The molecule has 0 spiro atoms. The van der Waals surface area contributed by atoms with Gasteiger partial charge in [0, 0.05) is 0 Å². The lowest BCUT2D eigenvalue weighted by molar-refractivity contribution is -0.148. The number of urea groups is 1. The highest BCUT2D eigenvalue weighted by Crippen LogP contribution is 2.16. The third-order valence-corrected chi connectivity index (χ3v) is 3.49. The van der Waals surface area contributed by atoms with E-state index >= 15 is 0 Å². The van der Waals surface area contributed by atoms with Gasteiger partial charge < -0.3 is 14.9 Å². The molecule has 1 aliphatic rings. The van der Waals surface area contributed by atoms with Crippen LogP contribution in [0.3, 0.4) is 0 Å². The second kappa shape index (κ2) is 7.82. The minimum atomic E-state index is -1.03. The average molecular weight is 322 g/mol. The maximum atomic E-state index is 12.4. The van der Waals surface area contributed by atoms with Crippen LogP contribution in [0.25, 0.3) is 0 Å². The number of imide groups is 2. The lowest BCUT2D eigenvalue weighted by Gasteiger charge is -2.30. The van der Waals surface area contributed by atoms with Crippen molar-refractivity contribution in [2.75, 3.05) is 19.9 Å². The number of amides is 4. The molecule has 3 N–H and O–H groups in total. The molecule has 8 nitrogen and oxygen atoms in total. The molecule has 124 valence electrons. The largest absolute Gasteiger partial charge is 0.394 e. The predicted octanol–water partition coefficient (Wildman–Crippen LogP) is -0.749. The van der Waals surface area contributed by atoms with Crippen LogP contribution in [0.2, 0.25) is 0 Å². The molecule has 1 aromatic carbocycles. The number of hydrogen-bond donors (Lipinski definition) is 3. The summed E-state index contributed by atoms with van der Waals surface area (Å²) in [5.41, 5.74) is 0.791. The fourth-order valence-electron chi connectivity index (χ4n) is 2.16. The monoisotopic (exact) mass is 322 g/mol. The summed E-state index contributed by atoms with van der Waals surface area (Å²) in [6.07, 6.45) is -0.737. The van der Waals surface area contributed by atoms with Gasteiger partial charge in [0.2, 0.25) is 11.8 Å². The van der Waals surface area contributed by atoms with Crippen LogP contribution in [0.15, 0.2) is 30.3 Å². The highest BCUT2D eigenvalue weighted by Gasteiger charge is 2.40. The number of aliphatic hydroxyl groups excluding tert-OH is 2. The van der Waals surface area contributed by atoms with Crippen LogP contribution in [0.1, 0.15) is 5.56 Å². The van der Waals surface area contributed by atoms with Gasteiger partial charge in [0.1, 0.15) is 18.8 Å². The molecule has 1 unspecified atom stereocenters. The van der Waals surface area contributed by atoms with Crippen LogP contribution < -0.4 is 5.32 Å². The van der Waals surface area contributed by atoms with Crippen molar-refractivity contribution in [1.29, 1.82) is 0 Å². The Balaban J connectivity index is 2.07. The number of ether oxygens (including phenoxy) is 1. The second-order valence-electron chi connectivity index (χ2n) is 5.09. The maximum Gasteiger partial charge on any atom is 0.332 e. The Hall–Kier alpha value is -2.29. The zero-order valence-electron chi connectivity index (χ0n) is 12.3. The Morgan fingerprint density at radius 2 is 1.78 bits per heavy atom. The molecule has 1 heterocycles. The second-order valence-corrected chi connectivity index (χ2v) is 5.09. The molecule has 0 saturated carbocycles.